The summed E-state index contributed by atoms with van der Waals surface area (Å²) < 4.78 is 18.2. The molecular weight excluding hydrogens is 552 g/mol. The zero-order valence-corrected chi connectivity index (χ0v) is 25.1. The normalized spacial score (nSPS) is 18.1. The molecule has 7 nitrogen and oxygen atoms in total. The Bertz CT molecular complexity index is 1490. The average molecular weight is 593 g/mol. The Morgan fingerprint density at radius 2 is 1.64 bits per heavy atom. The molecule has 1 heterocycles. The summed E-state index contributed by atoms with van der Waals surface area (Å²) in [5.74, 6) is 0. The van der Waals surface area contributed by atoms with Gasteiger partial charge in [-0.3, -0.25) is 4.90 Å². The van der Waals surface area contributed by atoms with Crippen molar-refractivity contribution in [1.29, 1.82) is 0 Å². The van der Waals surface area contributed by atoms with Gasteiger partial charge in [0.1, 0.15) is 6.61 Å². The van der Waals surface area contributed by atoms with Crippen molar-refractivity contribution in [3.05, 3.63) is 144 Å². The van der Waals surface area contributed by atoms with Gasteiger partial charge in [0.25, 0.3) is 0 Å². The van der Waals surface area contributed by atoms with E-state index in [1.807, 2.05) is 66.7 Å². The van der Waals surface area contributed by atoms with Gasteiger partial charge in [-0.15, -0.1) is 0 Å². The number of ether oxygens (including phenoxy) is 3. The number of nitrogens with one attached hydrogen (secondary N) is 1. The van der Waals surface area contributed by atoms with Crippen LogP contribution in [0.3, 0.4) is 0 Å². The predicted molar refractivity (Wildman–Crippen MR) is 171 cm³/mol. The number of alkyl carbamates (subject to hydrolysis) is 1. The molecule has 2 N–H and O–H groups in total. The Balaban J connectivity index is 1.32. The molecule has 5 rings (SSSR count). The van der Waals surface area contributed by atoms with Crippen molar-refractivity contribution in [3.63, 3.8) is 0 Å². The zero-order valence-electron chi connectivity index (χ0n) is 25.1. The van der Waals surface area contributed by atoms with E-state index in [-0.39, 0.29) is 25.4 Å². The van der Waals surface area contributed by atoms with Crippen LogP contribution < -0.4 is 5.32 Å². The van der Waals surface area contributed by atoms with Gasteiger partial charge in [0.15, 0.2) is 6.29 Å². The molecule has 0 radical (unpaired) electrons. The van der Waals surface area contributed by atoms with E-state index in [4.69, 9.17) is 14.2 Å². The third kappa shape index (κ3) is 8.42. The quantitative estimate of drug-likeness (QED) is 0.174. The van der Waals surface area contributed by atoms with Crippen LogP contribution in [0.15, 0.2) is 116 Å². The molecule has 0 aromatic heterocycles. The molecule has 228 valence electrons. The van der Waals surface area contributed by atoms with Crippen LogP contribution in [0.4, 0.5) is 4.79 Å². The average Bonchev–Trinajstić information content (AvgIpc) is 3.07. The Morgan fingerprint density at radius 3 is 2.36 bits per heavy atom. The van der Waals surface area contributed by atoms with Crippen molar-refractivity contribution in [2.24, 2.45) is 0 Å². The predicted octanol–water partition coefficient (Wildman–Crippen LogP) is 6.94. The minimum absolute atomic E-state index is 0.00931. The lowest BCUT2D eigenvalue weighted by molar-refractivity contribution is -0.252. The molecule has 0 aliphatic carbocycles. The molecule has 0 unspecified atom stereocenters. The van der Waals surface area contributed by atoms with Crippen LogP contribution in [-0.2, 0) is 33.9 Å². The summed E-state index contributed by atoms with van der Waals surface area (Å²) in [7, 11) is 2.12. The van der Waals surface area contributed by atoms with Crippen LogP contribution in [0, 0.1) is 0 Å². The lowest BCUT2D eigenvalue weighted by Crippen LogP contribution is -2.37. The Hall–Kier alpha value is -4.27. The zero-order chi connectivity index (χ0) is 30.7. The van der Waals surface area contributed by atoms with Crippen molar-refractivity contribution in [2.75, 3.05) is 20.2 Å². The van der Waals surface area contributed by atoms with Gasteiger partial charge in [-0.1, -0.05) is 116 Å². The molecule has 0 bridgehead atoms. The summed E-state index contributed by atoms with van der Waals surface area (Å²) in [5, 5.41) is 12.3. The molecule has 0 spiro atoms. The molecule has 1 saturated heterocycles. The Morgan fingerprint density at radius 1 is 0.932 bits per heavy atom. The first-order valence-electron chi connectivity index (χ1n) is 14.9. The maximum absolute atomic E-state index is 12.0. The molecule has 4 aromatic carbocycles. The molecule has 44 heavy (non-hydrogen) atoms. The van der Waals surface area contributed by atoms with E-state index in [1.165, 1.54) is 11.6 Å². The van der Waals surface area contributed by atoms with Gasteiger partial charge >= 0.3 is 6.09 Å². The van der Waals surface area contributed by atoms with Crippen LogP contribution in [0.25, 0.3) is 11.1 Å². The highest BCUT2D eigenvalue weighted by Gasteiger charge is 2.32. The van der Waals surface area contributed by atoms with Crippen molar-refractivity contribution in [3.8, 4) is 11.1 Å². The minimum atomic E-state index is -0.535. The second kappa shape index (κ2) is 15.5. The largest absolute Gasteiger partial charge is 0.445 e. The second-order valence-corrected chi connectivity index (χ2v) is 11.1. The maximum atomic E-state index is 12.0. The van der Waals surface area contributed by atoms with E-state index < -0.39 is 12.4 Å². The first-order valence-corrected chi connectivity index (χ1v) is 14.9. The number of carbonyl (C=O) groups excluding carboxylic acids is 1. The highest BCUT2D eigenvalue weighted by molar-refractivity contribution is 5.70. The summed E-state index contributed by atoms with van der Waals surface area (Å²) in [6, 6.07) is 34.6. The molecule has 1 fully saturated rings. The number of benzene rings is 4. The standard InChI is InChI=1S/C37H40N2O5/c1-3-21-42-37(41)38-23-32-11-7-8-12-34(32)29-17-19-31(20-18-29)36-43-33(25-39(2)24-27-9-5-4-6-10-27)22-35(44-36)30-15-13-28(26-40)14-16-30/h3-20,33,35-36,40H,1,21-26H2,2H3,(H,38,41)/t33-,35+,36+/m1/s1. The fourth-order valence-electron chi connectivity index (χ4n) is 5.47. The third-order valence-electron chi connectivity index (χ3n) is 7.69. The Labute approximate surface area is 259 Å². The smallest absolute Gasteiger partial charge is 0.407 e. The van der Waals surface area contributed by atoms with Crippen LogP contribution in [-0.4, -0.2) is 42.4 Å². The highest BCUT2D eigenvalue weighted by Crippen LogP contribution is 2.39. The lowest BCUT2D eigenvalue weighted by Gasteiger charge is -2.38. The topological polar surface area (TPSA) is 80.3 Å². The van der Waals surface area contributed by atoms with Crippen molar-refractivity contribution in [1.82, 2.24) is 10.2 Å². The van der Waals surface area contributed by atoms with Crippen LogP contribution in [0.5, 0.6) is 0 Å². The summed E-state index contributed by atoms with van der Waals surface area (Å²) in [5.41, 5.74) is 7.16. The molecule has 1 aliphatic heterocycles. The number of likely N-dealkylation sites (N-methyl/N-ethyl adjacent to an activating group) is 1. The molecule has 7 heteroatoms. The van der Waals surface area contributed by atoms with E-state index in [9.17, 15) is 9.90 Å². The number of nitrogens with zero attached hydrogens (tertiary/aromatic N) is 1. The fourth-order valence-corrected chi connectivity index (χ4v) is 5.47. The van der Waals surface area contributed by atoms with Crippen LogP contribution >= 0.6 is 0 Å². The van der Waals surface area contributed by atoms with Crippen molar-refractivity contribution < 1.29 is 24.1 Å². The second-order valence-electron chi connectivity index (χ2n) is 11.1. The van der Waals surface area contributed by atoms with Crippen LogP contribution in [0.1, 0.15) is 46.6 Å². The number of carbonyl (C=O) groups is 1. The number of hydrogen-bond acceptors (Lipinski definition) is 6. The Kier molecular flexibility index (Phi) is 10.9. The van der Waals surface area contributed by atoms with Crippen molar-refractivity contribution >= 4 is 6.09 Å². The van der Waals surface area contributed by atoms with Gasteiger partial charge in [-0.05, 0) is 40.4 Å². The van der Waals surface area contributed by atoms with E-state index in [0.29, 0.717) is 6.54 Å². The lowest BCUT2D eigenvalue weighted by atomic mass is 9.97. The molecule has 4 aromatic rings. The molecule has 1 aliphatic rings. The summed E-state index contributed by atoms with van der Waals surface area (Å²) in [4.78, 5) is 14.3. The molecule has 0 saturated carbocycles. The van der Waals surface area contributed by atoms with Gasteiger partial charge in [0.05, 0.1) is 18.8 Å². The van der Waals surface area contributed by atoms with E-state index in [2.05, 4.69) is 60.2 Å². The van der Waals surface area contributed by atoms with E-state index in [1.54, 1.807) is 0 Å². The summed E-state index contributed by atoms with van der Waals surface area (Å²) in [6.07, 6.45) is 1.05. The third-order valence-corrected chi connectivity index (χ3v) is 7.69. The number of aliphatic hydroxyl groups excluding tert-OH is 1. The highest BCUT2D eigenvalue weighted by atomic mass is 16.7. The first-order chi connectivity index (χ1) is 21.5. The number of amides is 1. The summed E-state index contributed by atoms with van der Waals surface area (Å²) >= 11 is 0. The number of rotatable bonds is 12. The van der Waals surface area contributed by atoms with Crippen molar-refractivity contribution in [2.45, 2.75) is 44.6 Å². The van der Waals surface area contributed by atoms with Gasteiger partial charge in [0.2, 0.25) is 0 Å². The maximum Gasteiger partial charge on any atom is 0.407 e. The summed E-state index contributed by atoms with van der Waals surface area (Å²) in [6.45, 7) is 5.68. The van der Waals surface area contributed by atoms with Gasteiger partial charge < -0.3 is 24.6 Å². The van der Waals surface area contributed by atoms with Crippen LogP contribution in [0.2, 0.25) is 0 Å². The number of hydrogen-bond donors (Lipinski definition) is 2. The van der Waals surface area contributed by atoms with E-state index >= 15 is 0 Å². The van der Waals surface area contributed by atoms with Gasteiger partial charge in [-0.2, -0.15) is 0 Å². The SMILES string of the molecule is C=CCOC(=O)NCc1ccccc1-c1ccc([C@H]2O[C@@H](CN(C)Cc3ccccc3)C[C@@H](c3ccc(CO)cc3)O2)cc1. The minimum Gasteiger partial charge on any atom is -0.445 e. The molecule has 3 atom stereocenters. The number of aliphatic hydroxyl groups is 1. The molecule has 1 amide bonds. The molecular formula is C37H40N2O5. The fraction of sp³-hybridized carbons (Fsp3) is 0.270. The first kappa shape index (κ1) is 31.2. The van der Waals surface area contributed by atoms with E-state index in [0.717, 1.165) is 52.9 Å². The van der Waals surface area contributed by atoms with Gasteiger partial charge in [0, 0.05) is 31.6 Å². The monoisotopic (exact) mass is 592 g/mol. The van der Waals surface area contributed by atoms with Gasteiger partial charge in [-0.25, -0.2) is 4.79 Å².